The maximum absolute atomic E-state index is 14.1. The predicted molar refractivity (Wildman–Crippen MR) is 197 cm³/mol. The zero-order chi connectivity index (χ0) is 34.5. The molecule has 2 aromatic carbocycles. The van der Waals surface area contributed by atoms with Gasteiger partial charge in [-0.15, -0.1) is 0 Å². The van der Waals surface area contributed by atoms with Gasteiger partial charge in [0.2, 0.25) is 0 Å². The number of aromatic amines is 2. The highest BCUT2D eigenvalue weighted by Gasteiger charge is 2.59. The van der Waals surface area contributed by atoms with Crippen molar-refractivity contribution in [3.05, 3.63) is 76.1 Å². The molecule has 0 radical (unpaired) electrons. The van der Waals surface area contributed by atoms with Gasteiger partial charge in [0.1, 0.15) is 11.2 Å². The van der Waals surface area contributed by atoms with Gasteiger partial charge < -0.3 is 24.5 Å². The van der Waals surface area contributed by atoms with Crippen LogP contribution in [0.5, 0.6) is 5.75 Å². The number of nitrogens with one attached hydrogen (secondary N) is 2. The molecule has 0 spiro atoms. The molecule has 1 saturated carbocycles. The van der Waals surface area contributed by atoms with E-state index in [1.165, 1.54) is 71.8 Å². The van der Waals surface area contributed by atoms with Crippen LogP contribution in [0.1, 0.15) is 79.4 Å². The number of aromatic nitrogens is 2. The van der Waals surface area contributed by atoms with Crippen LogP contribution in [0.2, 0.25) is 0 Å². The monoisotopic (exact) mass is 676 g/mol. The van der Waals surface area contributed by atoms with Crippen molar-refractivity contribution in [2.24, 2.45) is 23.2 Å². The van der Waals surface area contributed by atoms with Gasteiger partial charge in [-0.1, -0.05) is 43.2 Å². The Hall–Kier alpha value is -3.59. The molecule has 4 fully saturated rings. The van der Waals surface area contributed by atoms with E-state index >= 15 is 0 Å². The average Bonchev–Trinajstić information content (AvgIpc) is 3.66. The van der Waals surface area contributed by atoms with Crippen LogP contribution in [-0.4, -0.2) is 90.4 Å². The van der Waals surface area contributed by atoms with E-state index in [9.17, 15) is 9.90 Å². The minimum atomic E-state index is -1.11. The predicted octanol–water partition coefficient (Wildman–Crippen LogP) is 6.52. The summed E-state index contributed by atoms with van der Waals surface area (Å²) in [6.45, 7) is 7.28. The maximum atomic E-state index is 14.1. The largest absolute Gasteiger partial charge is 0.496 e. The van der Waals surface area contributed by atoms with Gasteiger partial charge in [-0.05, 0) is 81.2 Å². The molecule has 8 nitrogen and oxygen atoms in total. The van der Waals surface area contributed by atoms with Crippen molar-refractivity contribution in [1.29, 1.82) is 0 Å². The van der Waals surface area contributed by atoms with Crippen LogP contribution in [0.4, 0.5) is 0 Å². The molecule has 10 rings (SSSR count). The van der Waals surface area contributed by atoms with Gasteiger partial charge in [-0.2, -0.15) is 0 Å². The summed E-state index contributed by atoms with van der Waals surface area (Å²) in [5.74, 6) is 2.32. The lowest BCUT2D eigenvalue weighted by Crippen LogP contribution is -2.63. The molecule has 9 atom stereocenters. The Morgan fingerprint density at radius 3 is 2.64 bits per heavy atom. The summed E-state index contributed by atoms with van der Waals surface area (Å²) < 4.78 is 11.9. The number of H-pyrrole nitrogens is 2. The number of rotatable bonds is 5. The molecule has 4 aromatic rings. The summed E-state index contributed by atoms with van der Waals surface area (Å²) in [4.78, 5) is 27.1. The minimum Gasteiger partial charge on any atom is -0.496 e. The van der Waals surface area contributed by atoms with Crippen molar-refractivity contribution in [3.8, 4) is 5.75 Å². The number of methoxy groups -OCH3 is 2. The first-order valence-electron chi connectivity index (χ1n) is 18.9. The number of aliphatic hydroxyl groups excluding tert-OH is 1. The zero-order valence-corrected chi connectivity index (χ0v) is 30.2. The normalized spacial score (nSPS) is 34.2. The summed E-state index contributed by atoms with van der Waals surface area (Å²) in [5, 5.41) is 13.9. The van der Waals surface area contributed by atoms with Crippen molar-refractivity contribution in [2.45, 2.75) is 76.3 Å². The Labute approximate surface area is 295 Å². The van der Waals surface area contributed by atoms with Crippen LogP contribution in [0, 0.1) is 23.2 Å². The molecule has 6 bridgehead atoms. The molecule has 2 aliphatic carbocycles. The zero-order valence-electron chi connectivity index (χ0n) is 30.2. The molecule has 3 N–H and O–H groups in total. The number of para-hydroxylation sites is 1. The van der Waals surface area contributed by atoms with E-state index in [0.717, 1.165) is 53.7 Å². The van der Waals surface area contributed by atoms with Crippen molar-refractivity contribution >= 4 is 27.8 Å². The Morgan fingerprint density at radius 1 is 1.06 bits per heavy atom. The Kier molecular flexibility index (Phi) is 7.75. The lowest BCUT2D eigenvalue weighted by molar-refractivity contribution is -0.169. The van der Waals surface area contributed by atoms with Gasteiger partial charge in [0.25, 0.3) is 0 Å². The molecular formula is C42H52N4O4. The van der Waals surface area contributed by atoms with Crippen molar-refractivity contribution in [1.82, 2.24) is 19.8 Å². The first kappa shape index (κ1) is 32.3. The number of likely N-dealkylation sites (tertiary alicyclic amines) is 1. The number of allylic oxidation sites excluding steroid dienone is 1. The second-order valence-corrected chi connectivity index (χ2v) is 16.1. The van der Waals surface area contributed by atoms with E-state index < -0.39 is 5.41 Å². The number of likely N-dealkylation sites (N-methyl/N-ethyl adjacent to an activating group) is 1. The van der Waals surface area contributed by atoms with Crippen LogP contribution in [-0.2, 0) is 22.4 Å². The highest BCUT2D eigenvalue weighted by atomic mass is 16.5. The van der Waals surface area contributed by atoms with Crippen LogP contribution < -0.4 is 4.74 Å². The van der Waals surface area contributed by atoms with Gasteiger partial charge in [-0.25, -0.2) is 0 Å². The number of hydrogen-bond acceptors (Lipinski definition) is 6. The lowest BCUT2D eigenvalue weighted by Gasteiger charge is -2.53. The number of piperidine rings is 3. The molecule has 6 aliphatic rings. The summed E-state index contributed by atoms with van der Waals surface area (Å²) in [6.07, 6.45) is 8.39. The van der Waals surface area contributed by atoms with E-state index in [1.807, 2.05) is 0 Å². The smallest absolute Gasteiger partial charge is 0.316 e. The van der Waals surface area contributed by atoms with Crippen LogP contribution in [0.25, 0.3) is 21.8 Å². The van der Waals surface area contributed by atoms with Gasteiger partial charge in [0.15, 0.2) is 0 Å². The van der Waals surface area contributed by atoms with Gasteiger partial charge in [0.05, 0.1) is 20.8 Å². The molecule has 3 saturated heterocycles. The summed E-state index contributed by atoms with van der Waals surface area (Å²) >= 11 is 0. The third-order valence-electron chi connectivity index (χ3n) is 14.1. The Bertz CT molecular complexity index is 2010. The number of hydrogen-bond donors (Lipinski definition) is 3. The van der Waals surface area contributed by atoms with E-state index in [0.29, 0.717) is 24.8 Å². The fourth-order valence-electron chi connectivity index (χ4n) is 12.0. The van der Waals surface area contributed by atoms with Crippen molar-refractivity contribution < 1.29 is 19.4 Å². The lowest BCUT2D eigenvalue weighted by atomic mass is 9.58. The number of benzene rings is 2. The highest BCUT2D eigenvalue weighted by Crippen LogP contribution is 2.55. The van der Waals surface area contributed by atoms with Gasteiger partial charge >= 0.3 is 5.97 Å². The highest BCUT2D eigenvalue weighted by molar-refractivity contribution is 5.89. The molecule has 8 heteroatoms. The fourth-order valence-corrected chi connectivity index (χ4v) is 12.0. The molecule has 0 amide bonds. The fraction of sp³-hybridized carbons (Fsp3) is 0.548. The third kappa shape index (κ3) is 4.43. The SMILES string of the molecule is CC=C1CN(C)[C@H]2Cc3c([nH]c4ccccc34)[C@H](c3cc4c5c([nH]c4cc3OC)[C@@H]3C[C@H]4C[C@H](CC)[C@@H]3N(CC5)C4)C[C@@H]1[C@]2(CO)C(=O)OC. The number of carbonyl (C=O) groups excluding carboxylic acids is 1. The summed E-state index contributed by atoms with van der Waals surface area (Å²) in [6, 6.07) is 13.6. The molecule has 264 valence electrons. The van der Waals surface area contributed by atoms with Crippen LogP contribution >= 0.6 is 0 Å². The Balaban J connectivity index is 1.27. The minimum absolute atomic E-state index is 0.101. The third-order valence-corrected chi connectivity index (χ3v) is 14.1. The number of aliphatic hydroxyl groups is 1. The van der Waals surface area contributed by atoms with Gasteiger partial charge in [-0.3, -0.25) is 14.6 Å². The number of fused-ring (bicyclic) bond motifs is 9. The van der Waals surface area contributed by atoms with E-state index in [1.54, 1.807) is 7.11 Å². The molecule has 50 heavy (non-hydrogen) atoms. The van der Waals surface area contributed by atoms with E-state index in [2.05, 4.69) is 83.1 Å². The number of ether oxygens (including phenoxy) is 2. The quantitative estimate of drug-likeness (QED) is 0.165. The Morgan fingerprint density at radius 2 is 1.88 bits per heavy atom. The number of carbonyl (C=O) groups is 1. The number of nitrogens with zero attached hydrogens (tertiary/aromatic N) is 2. The van der Waals surface area contributed by atoms with Crippen molar-refractivity contribution in [2.75, 3.05) is 47.5 Å². The summed E-state index contributed by atoms with van der Waals surface area (Å²) in [5.41, 5.74) is 8.79. The first-order valence-corrected chi connectivity index (χ1v) is 18.9. The molecule has 4 aliphatic heterocycles. The van der Waals surface area contributed by atoms with Crippen LogP contribution in [0.15, 0.2) is 48.0 Å². The van der Waals surface area contributed by atoms with Gasteiger partial charge in [0, 0.05) is 94.3 Å². The first-order chi connectivity index (χ1) is 24.3. The second-order valence-electron chi connectivity index (χ2n) is 16.1. The summed E-state index contributed by atoms with van der Waals surface area (Å²) in [7, 11) is 5.33. The molecule has 6 heterocycles. The standard InChI is InChI=1S/C42H52N4O4/c1-6-24-14-23-15-32-38-27(12-13-46(20-23)40(24)32)28-16-29(36(49-4)19-35(28)44-38)30-17-33-25(7-2)21-45(3)37(42(33,22-47)41(48)50-5)18-31-26-10-8-9-11-34(26)43-39(30)31/h7-11,16,19,23-24,30,32-33,37,40,43-44,47H,6,12-15,17-18,20-22H2,1-5H3/t23-,24+,30+,32+,33+,37+,40+,42+/m1/s1. The van der Waals surface area contributed by atoms with Crippen molar-refractivity contribution in [3.63, 3.8) is 0 Å². The second kappa shape index (κ2) is 12.0. The number of esters is 1. The molecule has 1 unspecified atom stereocenters. The maximum Gasteiger partial charge on any atom is 0.316 e. The molecular weight excluding hydrogens is 624 g/mol. The topological polar surface area (TPSA) is 93.8 Å². The average molecular weight is 677 g/mol. The van der Waals surface area contributed by atoms with E-state index in [4.69, 9.17) is 9.47 Å². The van der Waals surface area contributed by atoms with Crippen LogP contribution in [0.3, 0.4) is 0 Å². The molecule has 2 aromatic heterocycles. The van der Waals surface area contributed by atoms with E-state index in [-0.39, 0.29) is 30.5 Å².